The number of carbonyl (C=O) groups excluding carboxylic acids is 2. The van der Waals surface area contributed by atoms with E-state index in [9.17, 15) is 18.4 Å². The van der Waals surface area contributed by atoms with E-state index in [1.807, 2.05) is 13.8 Å². The molecule has 0 aromatic rings. The molecule has 1 saturated heterocycles. The second-order valence-electron chi connectivity index (χ2n) is 4.79. The fourth-order valence-corrected chi connectivity index (χ4v) is 1.72. The van der Waals surface area contributed by atoms with Crippen molar-refractivity contribution in [3.8, 4) is 0 Å². The molecule has 1 rings (SSSR count). The van der Waals surface area contributed by atoms with Gasteiger partial charge in [0.25, 0.3) is 6.43 Å². The number of piperazine rings is 1. The Morgan fingerprint density at radius 3 is 2.83 bits per heavy atom. The molecule has 18 heavy (non-hydrogen) atoms. The van der Waals surface area contributed by atoms with Crippen LogP contribution in [0.2, 0.25) is 0 Å². The number of alkyl halides is 2. The van der Waals surface area contributed by atoms with Crippen LogP contribution in [0.5, 0.6) is 0 Å². The van der Waals surface area contributed by atoms with E-state index in [2.05, 4.69) is 10.1 Å². The van der Waals surface area contributed by atoms with Crippen molar-refractivity contribution in [1.82, 2.24) is 10.2 Å². The molecule has 1 N–H and O–H groups in total. The first-order chi connectivity index (χ1) is 8.33. The van der Waals surface area contributed by atoms with Gasteiger partial charge >= 0.3 is 0 Å². The molecule has 0 aliphatic carbocycles. The van der Waals surface area contributed by atoms with Crippen LogP contribution >= 0.6 is 0 Å². The summed E-state index contributed by atoms with van der Waals surface area (Å²) >= 11 is 0. The summed E-state index contributed by atoms with van der Waals surface area (Å²) in [6, 6.07) is 0. The summed E-state index contributed by atoms with van der Waals surface area (Å²) in [6.07, 6.45) is -2.53. The maximum atomic E-state index is 11.9. The summed E-state index contributed by atoms with van der Waals surface area (Å²) in [5.41, 5.74) is -0.465. The van der Waals surface area contributed by atoms with E-state index in [0.717, 1.165) is 0 Å². The number of nitrogens with one attached hydrogen (secondary N) is 1. The van der Waals surface area contributed by atoms with E-state index in [0.29, 0.717) is 6.54 Å². The molecule has 0 atom stereocenters. The average molecular weight is 264 g/mol. The van der Waals surface area contributed by atoms with Crippen LogP contribution in [0.3, 0.4) is 0 Å². The van der Waals surface area contributed by atoms with Crippen LogP contribution in [0.25, 0.3) is 0 Å². The SMILES string of the molecule is CC1(C)CNC(=O)CN1C(=O)CCOCC(F)F. The van der Waals surface area contributed by atoms with E-state index >= 15 is 0 Å². The summed E-state index contributed by atoms with van der Waals surface area (Å²) in [5.74, 6) is -0.472. The lowest BCUT2D eigenvalue weighted by atomic mass is 9.99. The normalized spacial score (nSPS) is 18.9. The smallest absolute Gasteiger partial charge is 0.261 e. The van der Waals surface area contributed by atoms with Crippen molar-refractivity contribution in [2.24, 2.45) is 0 Å². The van der Waals surface area contributed by atoms with Crippen molar-refractivity contribution >= 4 is 11.8 Å². The lowest BCUT2D eigenvalue weighted by Gasteiger charge is -2.42. The van der Waals surface area contributed by atoms with Crippen LogP contribution in [0.4, 0.5) is 8.78 Å². The van der Waals surface area contributed by atoms with Crippen LogP contribution in [0, 0.1) is 0 Å². The molecule has 1 fully saturated rings. The minimum absolute atomic E-state index is 0.000675. The fraction of sp³-hybridized carbons (Fsp3) is 0.818. The van der Waals surface area contributed by atoms with Crippen molar-refractivity contribution in [3.63, 3.8) is 0 Å². The summed E-state index contributed by atoms with van der Waals surface area (Å²) in [7, 11) is 0. The molecule has 0 unspecified atom stereocenters. The Bertz CT molecular complexity index is 321. The van der Waals surface area contributed by atoms with Gasteiger partial charge in [-0.05, 0) is 13.8 Å². The number of halogens is 2. The highest BCUT2D eigenvalue weighted by Crippen LogP contribution is 2.17. The zero-order valence-electron chi connectivity index (χ0n) is 10.5. The van der Waals surface area contributed by atoms with Crippen LogP contribution < -0.4 is 5.32 Å². The van der Waals surface area contributed by atoms with Crippen molar-refractivity contribution in [2.75, 3.05) is 26.3 Å². The Hall–Kier alpha value is -1.24. The number of rotatable bonds is 5. The summed E-state index contributed by atoms with van der Waals surface area (Å²) in [4.78, 5) is 24.6. The molecule has 0 aromatic heterocycles. The minimum atomic E-state index is -2.53. The van der Waals surface area contributed by atoms with E-state index in [1.54, 1.807) is 0 Å². The minimum Gasteiger partial charge on any atom is -0.375 e. The van der Waals surface area contributed by atoms with Gasteiger partial charge in [0.2, 0.25) is 11.8 Å². The van der Waals surface area contributed by atoms with Gasteiger partial charge in [0.1, 0.15) is 13.2 Å². The number of amides is 2. The Kier molecular flexibility index (Phi) is 5.01. The predicted molar refractivity (Wildman–Crippen MR) is 60.2 cm³/mol. The maximum absolute atomic E-state index is 11.9. The fourth-order valence-electron chi connectivity index (χ4n) is 1.72. The number of hydrogen-bond donors (Lipinski definition) is 1. The first-order valence-electron chi connectivity index (χ1n) is 5.76. The highest BCUT2D eigenvalue weighted by atomic mass is 19.3. The molecule has 1 aliphatic heterocycles. The van der Waals surface area contributed by atoms with Gasteiger partial charge in [-0.15, -0.1) is 0 Å². The highest BCUT2D eigenvalue weighted by molar-refractivity contribution is 5.86. The quantitative estimate of drug-likeness (QED) is 0.731. The largest absolute Gasteiger partial charge is 0.375 e. The van der Waals surface area contributed by atoms with Crippen molar-refractivity contribution < 1.29 is 23.1 Å². The first-order valence-corrected chi connectivity index (χ1v) is 5.76. The van der Waals surface area contributed by atoms with E-state index in [1.165, 1.54) is 4.90 Å². The van der Waals surface area contributed by atoms with Crippen LogP contribution in [-0.2, 0) is 14.3 Å². The van der Waals surface area contributed by atoms with Gasteiger partial charge in [-0.1, -0.05) is 0 Å². The molecule has 0 aromatic carbocycles. The van der Waals surface area contributed by atoms with Crippen LogP contribution in [0.15, 0.2) is 0 Å². The van der Waals surface area contributed by atoms with Gasteiger partial charge < -0.3 is 15.0 Å². The zero-order valence-corrected chi connectivity index (χ0v) is 10.5. The third-order valence-corrected chi connectivity index (χ3v) is 2.76. The molecular formula is C11H18F2N2O3. The van der Waals surface area contributed by atoms with E-state index in [4.69, 9.17) is 0 Å². The van der Waals surface area contributed by atoms with Gasteiger partial charge in [-0.3, -0.25) is 9.59 Å². The number of hydrogen-bond acceptors (Lipinski definition) is 3. The molecule has 5 nitrogen and oxygen atoms in total. The Labute approximate surface area is 104 Å². The number of carbonyl (C=O) groups is 2. The standard InChI is InChI=1S/C11H18F2N2O3/c1-11(2)7-14-9(16)5-15(11)10(17)3-4-18-6-8(12)13/h8H,3-7H2,1-2H3,(H,14,16). The van der Waals surface area contributed by atoms with Gasteiger partial charge in [-0.2, -0.15) is 0 Å². The molecule has 0 spiro atoms. The van der Waals surface area contributed by atoms with Crippen molar-refractivity contribution in [3.05, 3.63) is 0 Å². The topological polar surface area (TPSA) is 58.6 Å². The number of nitrogens with zero attached hydrogens (tertiary/aromatic N) is 1. The third-order valence-electron chi connectivity index (χ3n) is 2.76. The predicted octanol–water partition coefficient (Wildman–Crippen LogP) is 0.395. The second-order valence-corrected chi connectivity index (χ2v) is 4.79. The molecule has 1 heterocycles. The van der Waals surface area contributed by atoms with Crippen LogP contribution in [-0.4, -0.2) is 55.0 Å². The van der Waals surface area contributed by atoms with Gasteiger partial charge in [0.05, 0.1) is 18.6 Å². The summed E-state index contributed by atoms with van der Waals surface area (Å²) in [5, 5.41) is 2.68. The Morgan fingerprint density at radius 1 is 1.56 bits per heavy atom. The Morgan fingerprint density at radius 2 is 2.22 bits per heavy atom. The molecule has 0 bridgehead atoms. The lowest BCUT2D eigenvalue weighted by Crippen LogP contribution is -2.62. The zero-order chi connectivity index (χ0) is 13.8. The van der Waals surface area contributed by atoms with Gasteiger partial charge in [-0.25, -0.2) is 8.78 Å². The molecule has 1 aliphatic rings. The average Bonchev–Trinajstić information content (AvgIpc) is 2.27. The van der Waals surface area contributed by atoms with Crippen LogP contribution in [0.1, 0.15) is 20.3 Å². The molecule has 104 valence electrons. The highest BCUT2D eigenvalue weighted by Gasteiger charge is 2.36. The number of ether oxygens (including phenoxy) is 1. The summed E-state index contributed by atoms with van der Waals surface area (Å²) < 4.78 is 28.3. The van der Waals surface area contributed by atoms with Gasteiger partial charge in [0, 0.05) is 6.54 Å². The lowest BCUT2D eigenvalue weighted by molar-refractivity contribution is -0.146. The first kappa shape index (κ1) is 14.8. The van der Waals surface area contributed by atoms with Crippen molar-refractivity contribution in [1.29, 1.82) is 0 Å². The van der Waals surface area contributed by atoms with E-state index in [-0.39, 0.29) is 31.4 Å². The second kappa shape index (κ2) is 6.08. The molecule has 7 heteroatoms. The molecule has 2 amide bonds. The maximum Gasteiger partial charge on any atom is 0.261 e. The third kappa shape index (κ3) is 4.21. The van der Waals surface area contributed by atoms with E-state index < -0.39 is 18.6 Å². The van der Waals surface area contributed by atoms with Crippen molar-refractivity contribution in [2.45, 2.75) is 32.2 Å². The monoisotopic (exact) mass is 264 g/mol. The Balaban J connectivity index is 2.41. The van der Waals surface area contributed by atoms with Gasteiger partial charge in [0.15, 0.2) is 0 Å². The summed E-state index contributed by atoms with van der Waals surface area (Å²) in [6.45, 7) is 3.33. The molecular weight excluding hydrogens is 246 g/mol. The molecule has 0 saturated carbocycles. The molecule has 0 radical (unpaired) electrons.